The van der Waals surface area contributed by atoms with Gasteiger partial charge < -0.3 is 10.4 Å². The number of amides is 2. The summed E-state index contributed by atoms with van der Waals surface area (Å²) in [5.74, 6) is -0.280. The molecule has 0 saturated heterocycles. The normalized spacial score (nSPS) is 10.8. The fourth-order valence-corrected chi connectivity index (χ4v) is 2.57. The smallest absolute Gasteiger partial charge is 0.247 e. The molecule has 2 aromatic rings. The average Bonchev–Trinajstić information content (AvgIpc) is 3.01. The maximum absolute atomic E-state index is 11.8. The van der Waals surface area contributed by atoms with Gasteiger partial charge in [-0.1, -0.05) is 24.7 Å². The number of aromatic hydroxyl groups is 1. The second-order valence-corrected chi connectivity index (χ2v) is 6.28. The predicted molar refractivity (Wildman–Crippen MR) is 95.6 cm³/mol. The van der Waals surface area contributed by atoms with Crippen molar-refractivity contribution in [1.29, 1.82) is 0 Å². The zero-order valence-electron chi connectivity index (χ0n) is 13.7. The van der Waals surface area contributed by atoms with E-state index in [1.165, 1.54) is 18.3 Å². The molecule has 0 saturated carbocycles. The lowest BCUT2D eigenvalue weighted by Gasteiger charge is -1.98. The summed E-state index contributed by atoms with van der Waals surface area (Å²) in [6.07, 6.45) is 3.70. The molecule has 3 N–H and O–H groups in total. The van der Waals surface area contributed by atoms with E-state index in [0.29, 0.717) is 16.6 Å². The molecule has 1 aromatic heterocycles. The molecule has 1 heterocycles. The van der Waals surface area contributed by atoms with Crippen molar-refractivity contribution in [2.45, 2.75) is 32.6 Å². The fraction of sp³-hybridized carbons (Fsp3) is 0.312. The number of carbonyl (C=O) groups excluding carboxylic acids is 2. The zero-order valence-corrected chi connectivity index (χ0v) is 14.5. The Balaban J connectivity index is 1.78. The zero-order chi connectivity index (χ0) is 18.1. The van der Waals surface area contributed by atoms with E-state index in [0.717, 1.165) is 29.7 Å². The average molecular weight is 361 g/mol. The molecular weight excluding hydrogens is 342 g/mol. The Kier molecular flexibility index (Phi) is 7.02. The number of aromatic nitrogens is 2. The molecule has 0 fully saturated rings. The molecule has 2 amide bonds. The number of phenols is 1. The SMILES string of the molecule is CCCCC(=O)Nc1nnc(CC(=O)N/N=C\c2ccc(O)cc2)s1. The van der Waals surface area contributed by atoms with E-state index < -0.39 is 0 Å². The van der Waals surface area contributed by atoms with Crippen molar-refractivity contribution in [3.8, 4) is 5.75 Å². The van der Waals surface area contributed by atoms with Crippen LogP contribution in [0.4, 0.5) is 5.13 Å². The Bertz CT molecular complexity index is 742. The Morgan fingerprint density at radius 3 is 2.72 bits per heavy atom. The molecular formula is C16H19N5O3S. The number of nitrogens with one attached hydrogen (secondary N) is 2. The Labute approximate surface area is 149 Å². The van der Waals surface area contributed by atoms with Crippen LogP contribution < -0.4 is 10.7 Å². The van der Waals surface area contributed by atoms with Gasteiger partial charge in [-0.25, -0.2) is 5.43 Å². The number of rotatable bonds is 8. The van der Waals surface area contributed by atoms with E-state index in [2.05, 4.69) is 26.0 Å². The summed E-state index contributed by atoms with van der Waals surface area (Å²) in [7, 11) is 0. The monoisotopic (exact) mass is 361 g/mol. The van der Waals surface area contributed by atoms with Crippen LogP contribution in [0.25, 0.3) is 0 Å². The third-order valence-electron chi connectivity index (χ3n) is 3.08. The topological polar surface area (TPSA) is 117 Å². The Morgan fingerprint density at radius 2 is 2.00 bits per heavy atom. The van der Waals surface area contributed by atoms with Crippen molar-refractivity contribution < 1.29 is 14.7 Å². The number of phenolic OH excluding ortho intramolecular Hbond substituents is 1. The van der Waals surface area contributed by atoms with E-state index in [9.17, 15) is 14.7 Å². The summed E-state index contributed by atoms with van der Waals surface area (Å²) in [6, 6.07) is 6.40. The molecule has 0 spiro atoms. The fourth-order valence-electron chi connectivity index (χ4n) is 1.81. The highest BCUT2D eigenvalue weighted by Crippen LogP contribution is 2.16. The molecule has 0 radical (unpaired) electrons. The van der Waals surface area contributed by atoms with Crippen molar-refractivity contribution >= 4 is 34.5 Å². The second-order valence-electron chi connectivity index (χ2n) is 5.21. The number of nitrogens with zero attached hydrogens (tertiary/aromatic N) is 3. The number of hydrogen-bond acceptors (Lipinski definition) is 7. The number of hydrazone groups is 1. The molecule has 0 aliphatic carbocycles. The van der Waals surface area contributed by atoms with Crippen LogP contribution in [-0.4, -0.2) is 33.3 Å². The van der Waals surface area contributed by atoms with Gasteiger partial charge in [0.1, 0.15) is 10.8 Å². The van der Waals surface area contributed by atoms with Gasteiger partial charge in [-0.05, 0) is 36.2 Å². The number of anilines is 1. The summed E-state index contributed by atoms with van der Waals surface area (Å²) >= 11 is 1.16. The number of carbonyl (C=O) groups is 2. The molecule has 25 heavy (non-hydrogen) atoms. The molecule has 8 nitrogen and oxygen atoms in total. The summed E-state index contributed by atoms with van der Waals surface area (Å²) in [5.41, 5.74) is 3.13. The van der Waals surface area contributed by atoms with E-state index in [1.54, 1.807) is 12.1 Å². The van der Waals surface area contributed by atoms with Crippen molar-refractivity contribution in [2.24, 2.45) is 5.10 Å². The molecule has 0 atom stereocenters. The van der Waals surface area contributed by atoms with Crippen LogP contribution in [0.2, 0.25) is 0 Å². The van der Waals surface area contributed by atoms with Crippen LogP contribution in [0.1, 0.15) is 36.8 Å². The van der Waals surface area contributed by atoms with Gasteiger partial charge in [0.05, 0.1) is 12.6 Å². The molecule has 2 rings (SSSR count). The van der Waals surface area contributed by atoms with Crippen LogP contribution in [0.3, 0.4) is 0 Å². The molecule has 0 unspecified atom stereocenters. The Hall–Kier alpha value is -2.81. The van der Waals surface area contributed by atoms with Crippen LogP contribution in [0, 0.1) is 0 Å². The van der Waals surface area contributed by atoms with E-state index in [4.69, 9.17) is 0 Å². The summed E-state index contributed by atoms with van der Waals surface area (Å²) < 4.78 is 0. The van der Waals surface area contributed by atoms with E-state index >= 15 is 0 Å². The second kappa shape index (κ2) is 9.48. The molecule has 132 valence electrons. The van der Waals surface area contributed by atoms with Gasteiger partial charge in [-0.3, -0.25) is 9.59 Å². The molecule has 1 aromatic carbocycles. The largest absolute Gasteiger partial charge is 0.508 e. The van der Waals surface area contributed by atoms with Crippen LogP contribution >= 0.6 is 11.3 Å². The third-order valence-corrected chi connectivity index (χ3v) is 3.92. The van der Waals surface area contributed by atoms with Crippen LogP contribution in [0.5, 0.6) is 5.75 Å². The van der Waals surface area contributed by atoms with E-state index in [-0.39, 0.29) is 24.0 Å². The molecule has 9 heteroatoms. The number of benzene rings is 1. The maximum atomic E-state index is 11.8. The number of hydrogen-bond donors (Lipinski definition) is 3. The van der Waals surface area contributed by atoms with Gasteiger partial charge in [0.15, 0.2) is 0 Å². The third kappa shape index (κ3) is 6.68. The minimum atomic E-state index is -0.338. The molecule has 0 aliphatic heterocycles. The predicted octanol–water partition coefficient (Wildman–Crippen LogP) is 2.07. The summed E-state index contributed by atoms with van der Waals surface area (Å²) in [4.78, 5) is 23.4. The Morgan fingerprint density at radius 1 is 1.24 bits per heavy atom. The lowest BCUT2D eigenvalue weighted by molar-refractivity contribution is -0.120. The minimum absolute atomic E-state index is 0.0232. The van der Waals surface area contributed by atoms with Gasteiger partial charge in [0, 0.05) is 6.42 Å². The highest BCUT2D eigenvalue weighted by molar-refractivity contribution is 7.15. The highest BCUT2D eigenvalue weighted by Gasteiger charge is 2.10. The summed E-state index contributed by atoms with van der Waals surface area (Å²) in [6.45, 7) is 2.01. The standard InChI is InChI=1S/C16H19N5O3S/c1-2-3-4-13(23)18-16-21-20-15(25-16)9-14(24)19-17-10-11-5-7-12(22)8-6-11/h5-8,10,22H,2-4,9H2,1H3,(H,19,24)(H,18,21,23)/b17-10-. The van der Waals surface area contributed by atoms with Crippen molar-refractivity contribution in [1.82, 2.24) is 15.6 Å². The first-order valence-corrected chi connectivity index (χ1v) is 8.61. The first kappa shape index (κ1) is 18.5. The summed E-state index contributed by atoms with van der Waals surface area (Å²) in [5, 5.41) is 24.3. The van der Waals surface area contributed by atoms with Crippen LogP contribution in [-0.2, 0) is 16.0 Å². The van der Waals surface area contributed by atoms with Gasteiger partial charge in [-0.15, -0.1) is 10.2 Å². The molecule has 0 aliphatic rings. The van der Waals surface area contributed by atoms with Gasteiger partial charge in [-0.2, -0.15) is 5.10 Å². The number of unbranched alkanes of at least 4 members (excludes halogenated alkanes) is 1. The lowest BCUT2D eigenvalue weighted by Crippen LogP contribution is -2.19. The van der Waals surface area contributed by atoms with Gasteiger partial charge >= 0.3 is 0 Å². The highest BCUT2D eigenvalue weighted by atomic mass is 32.1. The van der Waals surface area contributed by atoms with Crippen molar-refractivity contribution in [3.05, 3.63) is 34.8 Å². The maximum Gasteiger partial charge on any atom is 0.247 e. The lowest BCUT2D eigenvalue weighted by atomic mass is 10.2. The molecule has 0 bridgehead atoms. The minimum Gasteiger partial charge on any atom is -0.508 e. The first-order chi connectivity index (χ1) is 12.1. The van der Waals surface area contributed by atoms with Gasteiger partial charge in [0.2, 0.25) is 16.9 Å². The van der Waals surface area contributed by atoms with Crippen molar-refractivity contribution in [2.75, 3.05) is 5.32 Å². The quantitative estimate of drug-likeness (QED) is 0.491. The van der Waals surface area contributed by atoms with Crippen molar-refractivity contribution in [3.63, 3.8) is 0 Å². The first-order valence-electron chi connectivity index (χ1n) is 7.80. The van der Waals surface area contributed by atoms with Gasteiger partial charge in [0.25, 0.3) is 0 Å². The van der Waals surface area contributed by atoms with E-state index in [1.807, 2.05) is 6.92 Å². The van der Waals surface area contributed by atoms with Crippen LogP contribution in [0.15, 0.2) is 29.4 Å².